The Morgan fingerprint density at radius 3 is 2.69 bits per heavy atom. The Morgan fingerprint density at radius 2 is 2.15 bits per heavy atom. The molecular weight excluding hydrogens is 169 g/mol. The first-order valence-electron chi connectivity index (χ1n) is 3.85. The van der Waals surface area contributed by atoms with Gasteiger partial charge in [0.2, 0.25) is 0 Å². The van der Waals surface area contributed by atoms with Crippen molar-refractivity contribution in [3.8, 4) is 6.07 Å². The fraction of sp³-hybridized carbons (Fsp3) is 0.200. The minimum absolute atomic E-state index is 0.0171. The molecule has 0 saturated carbocycles. The maximum absolute atomic E-state index is 13.0. The molecule has 1 atom stereocenters. The van der Waals surface area contributed by atoms with Crippen LogP contribution in [0.5, 0.6) is 0 Å². The second-order valence-electron chi connectivity index (χ2n) is 2.69. The van der Waals surface area contributed by atoms with Crippen molar-refractivity contribution in [1.82, 2.24) is 0 Å². The fourth-order valence-electron chi connectivity index (χ4n) is 0.953. The molecule has 0 fully saturated rings. The van der Waals surface area contributed by atoms with Crippen LogP contribution in [0.3, 0.4) is 0 Å². The molecule has 0 aliphatic carbocycles. The first-order chi connectivity index (χ1) is 6.16. The monoisotopic (exact) mass is 177 g/mol. The van der Waals surface area contributed by atoms with Gasteiger partial charge in [0, 0.05) is 0 Å². The van der Waals surface area contributed by atoms with Gasteiger partial charge in [0.1, 0.15) is 11.7 Å². The molecule has 1 aromatic carbocycles. The van der Waals surface area contributed by atoms with E-state index in [9.17, 15) is 9.18 Å². The van der Waals surface area contributed by atoms with Gasteiger partial charge in [-0.3, -0.25) is 4.79 Å². The van der Waals surface area contributed by atoms with Crippen LogP contribution in [0.1, 0.15) is 17.3 Å². The van der Waals surface area contributed by atoms with Crippen LogP contribution in [-0.4, -0.2) is 5.78 Å². The Labute approximate surface area is 75.6 Å². The van der Waals surface area contributed by atoms with Gasteiger partial charge in [0.25, 0.3) is 0 Å². The van der Waals surface area contributed by atoms with Crippen LogP contribution in [0.2, 0.25) is 0 Å². The van der Waals surface area contributed by atoms with Gasteiger partial charge in [-0.1, -0.05) is 12.1 Å². The lowest BCUT2D eigenvalue weighted by Crippen LogP contribution is -2.10. The lowest BCUT2D eigenvalue weighted by atomic mass is 10.0. The number of nitriles is 1. The lowest BCUT2D eigenvalue weighted by molar-refractivity contribution is 0.0952. The second kappa shape index (κ2) is 3.81. The van der Waals surface area contributed by atoms with E-state index in [1.54, 1.807) is 12.1 Å². The minimum atomic E-state index is -0.795. The SMILES string of the molecule is CC(C#N)C(=O)c1ccccc1F. The second-order valence-corrected chi connectivity index (χ2v) is 2.69. The van der Waals surface area contributed by atoms with Crippen molar-refractivity contribution in [1.29, 1.82) is 5.26 Å². The van der Waals surface area contributed by atoms with Crippen LogP contribution in [0.4, 0.5) is 4.39 Å². The van der Waals surface area contributed by atoms with Crippen molar-refractivity contribution in [2.24, 2.45) is 5.92 Å². The summed E-state index contributed by atoms with van der Waals surface area (Å²) in [6, 6.07) is 7.43. The fourth-order valence-corrected chi connectivity index (χ4v) is 0.953. The third kappa shape index (κ3) is 1.91. The van der Waals surface area contributed by atoms with Gasteiger partial charge < -0.3 is 0 Å². The van der Waals surface area contributed by atoms with Crippen LogP contribution in [-0.2, 0) is 0 Å². The Morgan fingerprint density at radius 1 is 1.54 bits per heavy atom. The molecule has 0 saturated heterocycles. The van der Waals surface area contributed by atoms with Crippen molar-refractivity contribution in [3.05, 3.63) is 35.6 Å². The summed E-state index contributed by atoms with van der Waals surface area (Å²) in [7, 11) is 0. The molecule has 1 rings (SSSR count). The first-order valence-corrected chi connectivity index (χ1v) is 3.85. The highest BCUT2D eigenvalue weighted by Crippen LogP contribution is 2.11. The number of hydrogen-bond acceptors (Lipinski definition) is 2. The first kappa shape index (κ1) is 9.40. The van der Waals surface area contributed by atoms with E-state index in [0.29, 0.717) is 0 Å². The summed E-state index contributed by atoms with van der Waals surface area (Å²) in [5.74, 6) is -1.84. The van der Waals surface area contributed by atoms with Gasteiger partial charge in [-0.2, -0.15) is 5.26 Å². The van der Waals surface area contributed by atoms with E-state index in [1.165, 1.54) is 25.1 Å². The number of nitrogens with zero attached hydrogens (tertiary/aromatic N) is 1. The molecule has 1 unspecified atom stereocenters. The molecule has 0 aliphatic rings. The average molecular weight is 177 g/mol. The normalized spacial score (nSPS) is 11.8. The van der Waals surface area contributed by atoms with E-state index in [-0.39, 0.29) is 5.56 Å². The lowest BCUT2D eigenvalue weighted by Gasteiger charge is -2.02. The zero-order chi connectivity index (χ0) is 9.84. The number of rotatable bonds is 2. The predicted octanol–water partition coefficient (Wildman–Crippen LogP) is 2.17. The van der Waals surface area contributed by atoms with Crippen molar-refractivity contribution in [3.63, 3.8) is 0 Å². The summed E-state index contributed by atoms with van der Waals surface area (Å²) in [5.41, 5.74) is -0.0171. The summed E-state index contributed by atoms with van der Waals surface area (Å²) >= 11 is 0. The zero-order valence-electron chi connectivity index (χ0n) is 7.12. The number of benzene rings is 1. The average Bonchev–Trinajstić information content (AvgIpc) is 2.16. The molecule has 1 aromatic rings. The maximum Gasteiger partial charge on any atom is 0.182 e. The van der Waals surface area contributed by atoms with Gasteiger partial charge >= 0.3 is 0 Å². The quantitative estimate of drug-likeness (QED) is 0.649. The highest BCUT2D eigenvalue weighted by molar-refractivity contribution is 5.99. The summed E-state index contributed by atoms with van der Waals surface area (Å²) in [6.45, 7) is 1.45. The summed E-state index contributed by atoms with van der Waals surface area (Å²) in [5, 5.41) is 8.46. The number of hydrogen-bond donors (Lipinski definition) is 0. The van der Waals surface area contributed by atoms with E-state index in [2.05, 4.69) is 0 Å². The van der Waals surface area contributed by atoms with Crippen LogP contribution >= 0.6 is 0 Å². The Hall–Kier alpha value is -1.69. The van der Waals surface area contributed by atoms with E-state index in [4.69, 9.17) is 5.26 Å². The molecule has 0 N–H and O–H groups in total. The van der Waals surface area contributed by atoms with E-state index < -0.39 is 17.5 Å². The molecule has 13 heavy (non-hydrogen) atoms. The molecule has 3 heteroatoms. The standard InChI is InChI=1S/C10H8FNO/c1-7(6-12)10(13)8-4-2-3-5-9(8)11/h2-5,7H,1H3. The smallest absolute Gasteiger partial charge is 0.182 e. The minimum Gasteiger partial charge on any atom is -0.293 e. The third-order valence-corrected chi connectivity index (χ3v) is 1.73. The van der Waals surface area contributed by atoms with Gasteiger partial charge in [-0.05, 0) is 19.1 Å². The maximum atomic E-state index is 13.0. The molecule has 0 spiro atoms. The largest absolute Gasteiger partial charge is 0.293 e. The van der Waals surface area contributed by atoms with Gasteiger partial charge in [-0.15, -0.1) is 0 Å². The number of ketones is 1. The molecule has 0 bridgehead atoms. The zero-order valence-corrected chi connectivity index (χ0v) is 7.12. The molecular formula is C10H8FNO. The predicted molar refractivity (Wildman–Crippen MR) is 45.5 cm³/mol. The van der Waals surface area contributed by atoms with Gasteiger partial charge in [-0.25, -0.2) is 4.39 Å². The highest BCUT2D eigenvalue weighted by atomic mass is 19.1. The van der Waals surface area contributed by atoms with Crippen molar-refractivity contribution in [2.45, 2.75) is 6.92 Å². The molecule has 0 aromatic heterocycles. The topological polar surface area (TPSA) is 40.9 Å². The molecule has 2 nitrogen and oxygen atoms in total. The Kier molecular flexibility index (Phi) is 2.76. The van der Waals surface area contributed by atoms with Crippen molar-refractivity contribution >= 4 is 5.78 Å². The van der Waals surface area contributed by atoms with Crippen LogP contribution in [0.25, 0.3) is 0 Å². The molecule has 0 heterocycles. The third-order valence-electron chi connectivity index (χ3n) is 1.73. The Balaban J connectivity index is 3.04. The van der Waals surface area contributed by atoms with Gasteiger partial charge in [0.15, 0.2) is 5.78 Å². The van der Waals surface area contributed by atoms with Crippen LogP contribution in [0, 0.1) is 23.1 Å². The molecule has 0 aliphatic heterocycles. The number of carbonyl (C=O) groups excluding carboxylic acids is 1. The van der Waals surface area contributed by atoms with E-state index in [1.807, 2.05) is 0 Å². The Bertz CT molecular complexity index is 367. The van der Waals surface area contributed by atoms with E-state index >= 15 is 0 Å². The molecule has 0 radical (unpaired) electrons. The highest BCUT2D eigenvalue weighted by Gasteiger charge is 2.17. The van der Waals surface area contributed by atoms with Crippen molar-refractivity contribution in [2.75, 3.05) is 0 Å². The van der Waals surface area contributed by atoms with Gasteiger partial charge in [0.05, 0.1) is 11.6 Å². The van der Waals surface area contributed by atoms with Crippen LogP contribution < -0.4 is 0 Å². The summed E-state index contributed by atoms with van der Waals surface area (Å²) < 4.78 is 13.0. The molecule has 0 amide bonds. The van der Waals surface area contributed by atoms with Crippen molar-refractivity contribution < 1.29 is 9.18 Å². The van der Waals surface area contributed by atoms with Crippen LogP contribution in [0.15, 0.2) is 24.3 Å². The number of carbonyl (C=O) groups is 1. The van der Waals surface area contributed by atoms with E-state index in [0.717, 1.165) is 0 Å². The summed E-state index contributed by atoms with van der Waals surface area (Å²) in [6.07, 6.45) is 0. The number of halogens is 1. The summed E-state index contributed by atoms with van der Waals surface area (Å²) in [4.78, 5) is 11.3. The molecule has 66 valence electrons. The number of Topliss-reactive ketones (excluding diaryl/α,β-unsaturated/α-hetero) is 1.